The quantitative estimate of drug-likeness (QED) is 0.346. The summed E-state index contributed by atoms with van der Waals surface area (Å²) >= 11 is 0. The van der Waals surface area contributed by atoms with Gasteiger partial charge in [-0.25, -0.2) is 0 Å². The molecule has 0 spiro atoms. The van der Waals surface area contributed by atoms with Gasteiger partial charge in [0.25, 0.3) is 0 Å². The summed E-state index contributed by atoms with van der Waals surface area (Å²) in [5.41, 5.74) is -0.650. The molecule has 0 saturated heterocycles. The lowest BCUT2D eigenvalue weighted by Gasteiger charge is -2.26. The lowest BCUT2D eigenvalue weighted by Crippen LogP contribution is -2.50. The Hall–Kier alpha value is -0.200. The molecule has 0 saturated carbocycles. The molecular formula is C8H19NO4. The first kappa shape index (κ1) is 12.8. The number of rotatable bonds is 8. The Bertz CT molecular complexity index is 117. The molecule has 0 radical (unpaired) electrons. The van der Waals surface area contributed by atoms with E-state index in [-0.39, 0.29) is 19.8 Å². The molecule has 0 amide bonds. The van der Waals surface area contributed by atoms with Gasteiger partial charge in [0.1, 0.15) is 0 Å². The minimum Gasteiger partial charge on any atom is -0.394 e. The molecule has 0 aliphatic carbocycles. The second kappa shape index (κ2) is 7.23. The minimum absolute atomic E-state index is 0.0112. The Labute approximate surface area is 78.3 Å². The molecule has 5 nitrogen and oxygen atoms in total. The van der Waals surface area contributed by atoms with Crippen molar-refractivity contribution in [2.24, 2.45) is 0 Å². The van der Waals surface area contributed by atoms with Crippen molar-refractivity contribution in [3.05, 3.63) is 0 Å². The first-order valence-corrected chi connectivity index (χ1v) is 4.34. The second-order valence-corrected chi connectivity index (χ2v) is 3.14. The molecule has 0 aromatic rings. The molecule has 0 fully saturated rings. The highest BCUT2D eigenvalue weighted by Crippen LogP contribution is 1.99. The maximum absolute atomic E-state index is 8.88. The van der Waals surface area contributed by atoms with Crippen molar-refractivity contribution in [1.82, 2.24) is 5.32 Å². The van der Waals surface area contributed by atoms with Crippen molar-refractivity contribution < 1.29 is 20.1 Å². The Morgan fingerprint density at radius 1 is 1.15 bits per heavy atom. The molecule has 0 bridgehead atoms. The van der Waals surface area contributed by atoms with Crippen LogP contribution in [-0.4, -0.2) is 60.4 Å². The number of nitrogens with one attached hydrogen (secondary N) is 1. The fourth-order valence-electron chi connectivity index (χ4n) is 0.753. The van der Waals surface area contributed by atoms with E-state index in [0.29, 0.717) is 19.8 Å². The maximum atomic E-state index is 8.88. The van der Waals surface area contributed by atoms with Crippen LogP contribution < -0.4 is 5.32 Å². The lowest BCUT2D eigenvalue weighted by atomic mass is 10.1. The Kier molecular flexibility index (Phi) is 7.12. The number of hydrogen-bond donors (Lipinski definition) is 4. The smallest absolute Gasteiger partial charge is 0.0698 e. The lowest BCUT2D eigenvalue weighted by molar-refractivity contribution is 0.0707. The summed E-state index contributed by atoms with van der Waals surface area (Å²) in [5.74, 6) is 0. The number of aliphatic hydroxyl groups is 3. The highest BCUT2D eigenvalue weighted by molar-refractivity contribution is 4.80. The monoisotopic (exact) mass is 193 g/mol. The maximum Gasteiger partial charge on any atom is 0.0698 e. The van der Waals surface area contributed by atoms with Gasteiger partial charge in [-0.2, -0.15) is 0 Å². The van der Waals surface area contributed by atoms with Gasteiger partial charge in [-0.3, -0.25) is 0 Å². The van der Waals surface area contributed by atoms with E-state index in [4.69, 9.17) is 20.1 Å². The molecule has 0 aromatic heterocycles. The summed E-state index contributed by atoms with van der Waals surface area (Å²) in [5, 5.41) is 29.1. The van der Waals surface area contributed by atoms with E-state index in [1.165, 1.54) is 0 Å². The minimum atomic E-state index is -0.650. The normalized spacial score (nSPS) is 12.0. The number of hydrogen-bond acceptors (Lipinski definition) is 5. The van der Waals surface area contributed by atoms with Crippen LogP contribution in [-0.2, 0) is 4.74 Å². The highest BCUT2D eigenvalue weighted by atomic mass is 16.5. The average molecular weight is 193 g/mol. The van der Waals surface area contributed by atoms with Crippen molar-refractivity contribution in [2.75, 3.05) is 39.6 Å². The van der Waals surface area contributed by atoms with Crippen LogP contribution >= 0.6 is 0 Å². The molecule has 0 unspecified atom stereocenters. The van der Waals surface area contributed by atoms with Crippen LogP contribution in [0, 0.1) is 0 Å². The predicted molar refractivity (Wildman–Crippen MR) is 48.5 cm³/mol. The zero-order valence-corrected chi connectivity index (χ0v) is 7.99. The zero-order valence-electron chi connectivity index (χ0n) is 7.99. The van der Waals surface area contributed by atoms with Crippen LogP contribution in [0.4, 0.5) is 0 Å². The number of ether oxygens (including phenoxy) is 1. The van der Waals surface area contributed by atoms with E-state index in [1.54, 1.807) is 6.92 Å². The summed E-state index contributed by atoms with van der Waals surface area (Å²) in [4.78, 5) is 0. The summed E-state index contributed by atoms with van der Waals surface area (Å²) in [6, 6.07) is 0. The van der Waals surface area contributed by atoms with Crippen molar-refractivity contribution in [1.29, 1.82) is 0 Å². The van der Waals surface area contributed by atoms with E-state index < -0.39 is 5.54 Å². The molecule has 80 valence electrons. The van der Waals surface area contributed by atoms with Gasteiger partial charge in [0.2, 0.25) is 0 Å². The highest BCUT2D eigenvalue weighted by Gasteiger charge is 2.20. The second-order valence-electron chi connectivity index (χ2n) is 3.14. The van der Waals surface area contributed by atoms with Crippen LogP contribution in [0.25, 0.3) is 0 Å². The number of aliphatic hydroxyl groups excluding tert-OH is 3. The van der Waals surface area contributed by atoms with Crippen LogP contribution in [0.2, 0.25) is 0 Å². The van der Waals surface area contributed by atoms with Crippen LogP contribution in [0.1, 0.15) is 6.92 Å². The summed E-state index contributed by atoms with van der Waals surface area (Å²) in [7, 11) is 0. The van der Waals surface area contributed by atoms with E-state index in [1.807, 2.05) is 0 Å². The zero-order chi connectivity index (χ0) is 10.2. The fraction of sp³-hybridized carbons (Fsp3) is 1.00. The van der Waals surface area contributed by atoms with Crippen LogP contribution in [0.15, 0.2) is 0 Å². The standard InChI is InChI=1S/C8H19NO4/c1-8(6-11,7-12)9-2-4-13-5-3-10/h9-12H,2-7H2,1H3. The van der Waals surface area contributed by atoms with Crippen LogP contribution in [0.3, 0.4) is 0 Å². The van der Waals surface area contributed by atoms with E-state index in [2.05, 4.69) is 5.32 Å². The van der Waals surface area contributed by atoms with Crippen molar-refractivity contribution in [3.8, 4) is 0 Å². The van der Waals surface area contributed by atoms with E-state index in [9.17, 15) is 0 Å². The van der Waals surface area contributed by atoms with Crippen molar-refractivity contribution in [3.63, 3.8) is 0 Å². The average Bonchev–Trinajstić information content (AvgIpc) is 2.17. The van der Waals surface area contributed by atoms with Gasteiger partial charge in [0, 0.05) is 6.54 Å². The third-order valence-electron chi connectivity index (χ3n) is 1.73. The molecule has 0 aliphatic rings. The van der Waals surface area contributed by atoms with Crippen molar-refractivity contribution >= 4 is 0 Å². The summed E-state index contributed by atoms with van der Waals surface area (Å²) in [6.07, 6.45) is 0. The first-order chi connectivity index (χ1) is 6.18. The first-order valence-electron chi connectivity index (χ1n) is 4.34. The van der Waals surface area contributed by atoms with Gasteiger partial charge < -0.3 is 25.4 Å². The summed E-state index contributed by atoms with van der Waals surface area (Å²) in [6.45, 7) is 2.80. The summed E-state index contributed by atoms with van der Waals surface area (Å²) < 4.78 is 4.99. The SMILES string of the molecule is CC(CO)(CO)NCCOCCO. The van der Waals surface area contributed by atoms with Crippen molar-refractivity contribution in [2.45, 2.75) is 12.5 Å². The Balaban J connectivity index is 3.39. The van der Waals surface area contributed by atoms with Gasteiger partial charge in [-0.1, -0.05) is 0 Å². The molecule has 0 atom stereocenters. The van der Waals surface area contributed by atoms with E-state index >= 15 is 0 Å². The third-order valence-corrected chi connectivity index (χ3v) is 1.73. The van der Waals surface area contributed by atoms with Gasteiger partial charge in [-0.15, -0.1) is 0 Å². The molecule has 4 N–H and O–H groups in total. The molecule has 5 heteroatoms. The topological polar surface area (TPSA) is 82.0 Å². The largest absolute Gasteiger partial charge is 0.394 e. The molecule has 13 heavy (non-hydrogen) atoms. The van der Waals surface area contributed by atoms with E-state index in [0.717, 1.165) is 0 Å². The molecule has 0 rings (SSSR count). The fourth-order valence-corrected chi connectivity index (χ4v) is 0.753. The van der Waals surface area contributed by atoms with Gasteiger partial charge in [0.15, 0.2) is 0 Å². The van der Waals surface area contributed by atoms with Gasteiger partial charge in [0.05, 0.1) is 38.6 Å². The Morgan fingerprint density at radius 2 is 1.77 bits per heavy atom. The van der Waals surface area contributed by atoms with Gasteiger partial charge >= 0.3 is 0 Å². The Morgan fingerprint density at radius 3 is 2.23 bits per heavy atom. The van der Waals surface area contributed by atoms with Gasteiger partial charge in [-0.05, 0) is 6.92 Å². The predicted octanol–water partition coefficient (Wildman–Crippen LogP) is -1.67. The molecular weight excluding hydrogens is 174 g/mol. The van der Waals surface area contributed by atoms with Crippen LogP contribution in [0.5, 0.6) is 0 Å². The molecule has 0 aliphatic heterocycles. The molecule has 0 heterocycles. The third kappa shape index (κ3) is 5.95. The molecule has 0 aromatic carbocycles.